The topological polar surface area (TPSA) is 0 Å². The summed E-state index contributed by atoms with van der Waals surface area (Å²) in [6.45, 7) is 16.5. The Bertz CT molecular complexity index is 2130. The van der Waals surface area contributed by atoms with Crippen LogP contribution in [0.5, 0.6) is 0 Å². The van der Waals surface area contributed by atoms with Crippen LogP contribution >= 0.6 is 17.0 Å². The van der Waals surface area contributed by atoms with Crippen molar-refractivity contribution in [1.29, 1.82) is 0 Å². The second-order valence-electron chi connectivity index (χ2n) is 19.3. The van der Waals surface area contributed by atoms with Gasteiger partial charge in [-0.05, 0) is 0 Å². The van der Waals surface area contributed by atoms with Gasteiger partial charge >= 0.3 is 337 Å². The third-order valence-corrected chi connectivity index (χ3v) is 67.0. The molecule has 4 saturated carbocycles. The van der Waals surface area contributed by atoms with Crippen molar-refractivity contribution in [1.82, 2.24) is 0 Å². The van der Waals surface area contributed by atoms with Crippen LogP contribution in [0.2, 0.25) is 13.1 Å². The van der Waals surface area contributed by atoms with Gasteiger partial charge in [-0.15, -0.1) is 0 Å². The molecule has 10 rings (SSSR count). The van der Waals surface area contributed by atoms with Crippen LogP contribution < -0.4 is 0 Å². The van der Waals surface area contributed by atoms with Crippen molar-refractivity contribution >= 4 is 35.1 Å². The summed E-state index contributed by atoms with van der Waals surface area (Å²) in [7, 11) is 17.6. The van der Waals surface area contributed by atoms with Gasteiger partial charge in [-0.2, -0.15) is 0 Å². The van der Waals surface area contributed by atoms with E-state index < -0.39 is 21.5 Å². The number of rotatable bonds is 9. The van der Waals surface area contributed by atoms with Crippen molar-refractivity contribution in [2.75, 3.05) is 0 Å². The van der Waals surface area contributed by atoms with Crippen LogP contribution in [0.25, 0.3) is 34.4 Å². The molecule has 4 bridgehead atoms. The zero-order chi connectivity index (χ0) is 37.8. The van der Waals surface area contributed by atoms with Gasteiger partial charge in [0.1, 0.15) is 0 Å². The van der Waals surface area contributed by atoms with Crippen LogP contribution in [0.1, 0.15) is 126 Å². The van der Waals surface area contributed by atoms with E-state index >= 15 is 0 Å². The molecule has 54 heavy (non-hydrogen) atoms. The summed E-state index contributed by atoms with van der Waals surface area (Å²) >= 11 is -4.87. The Morgan fingerprint density at radius 1 is 0.648 bits per heavy atom. The molecule has 0 radical (unpaired) electrons. The predicted octanol–water partition coefficient (Wildman–Crippen LogP) is 15.2. The molecule has 0 aromatic heterocycles. The summed E-state index contributed by atoms with van der Waals surface area (Å²) in [6.07, 6.45) is 14.7. The van der Waals surface area contributed by atoms with Gasteiger partial charge in [0.05, 0.1) is 0 Å². The molecule has 0 aliphatic heterocycles. The standard InChI is InChI=1S/C27H29.C21H23.C2H7Si.2ClH.Zr/c1-2-18-13-23-4-3-5-25(26(23)14-18)22-6-8-24(9-7-22)27-15-19-10-20(16-27)12-21(11-19)17-27;1-14(2)16-8-10-17(11-9-16)20-7-5-6-18-12-19(15(3)4)13-21(18)20;1-3-2;;;/h3-9,13-14,19-21H,2,10-12,15-17H2,1H3;5-15H,1-4H3;3H,1-2H3;2*1H;/q;;;;;+2/p-2. The molecule has 0 nitrogen and oxygen atoms in total. The summed E-state index contributed by atoms with van der Waals surface area (Å²) in [6, 6.07) is 33.1. The minimum atomic E-state index is -4.87. The van der Waals surface area contributed by atoms with Gasteiger partial charge in [0.2, 0.25) is 0 Å². The molecule has 4 heteroatoms. The molecule has 2 atom stereocenters. The van der Waals surface area contributed by atoms with Crippen molar-refractivity contribution < 1.29 is 15.6 Å². The second-order valence-corrected chi connectivity index (χ2v) is 61.8. The molecule has 0 N–H and O–H groups in total. The quantitative estimate of drug-likeness (QED) is 0.147. The molecular weight excluding hydrogens is 791 g/mol. The summed E-state index contributed by atoms with van der Waals surface area (Å²) < 4.78 is 0.209. The van der Waals surface area contributed by atoms with Crippen LogP contribution in [0.15, 0.2) is 96.1 Å². The van der Waals surface area contributed by atoms with E-state index in [-0.39, 0.29) is 7.25 Å². The number of benzene rings is 4. The SMILES string of the molecule is CCC1=Cc2c(-c3ccc(C45CC6CC(CC(C6)C4)C5)cc3)cccc2[CH]1[Zr]([Cl])([Cl])([CH]1C(C(C)C)=Cc2c(-c3ccc(C(C)C)cc3)cccc21)[SiH](C)C. The van der Waals surface area contributed by atoms with E-state index in [1.165, 1.54) is 99.7 Å². The van der Waals surface area contributed by atoms with E-state index in [1.807, 2.05) is 0 Å². The van der Waals surface area contributed by atoms with Gasteiger partial charge in [0, 0.05) is 0 Å². The first-order valence-electron chi connectivity index (χ1n) is 21.3. The third kappa shape index (κ3) is 5.72. The normalized spacial score (nSPS) is 27.6. The average molecular weight is 850 g/mol. The Morgan fingerprint density at radius 2 is 1.15 bits per heavy atom. The van der Waals surface area contributed by atoms with E-state index in [0.717, 1.165) is 24.2 Å². The van der Waals surface area contributed by atoms with Gasteiger partial charge < -0.3 is 0 Å². The van der Waals surface area contributed by atoms with Gasteiger partial charge in [0.15, 0.2) is 0 Å². The molecule has 0 spiro atoms. The maximum absolute atomic E-state index is 8.79. The van der Waals surface area contributed by atoms with Crippen LogP contribution in [0, 0.1) is 23.7 Å². The van der Waals surface area contributed by atoms with Gasteiger partial charge in [0.25, 0.3) is 0 Å². The molecule has 0 saturated heterocycles. The monoisotopic (exact) mass is 847 g/mol. The number of halogens is 2. The van der Waals surface area contributed by atoms with E-state index in [0.29, 0.717) is 17.3 Å². The Kier molecular flexibility index (Phi) is 9.45. The van der Waals surface area contributed by atoms with Crippen molar-refractivity contribution in [2.24, 2.45) is 23.7 Å². The Labute approximate surface area is 334 Å². The molecule has 281 valence electrons. The fourth-order valence-corrected chi connectivity index (χ4v) is 44.5. The molecule has 4 aromatic carbocycles. The van der Waals surface area contributed by atoms with Crippen LogP contribution in [-0.2, 0) is 21.0 Å². The fourth-order valence-electron chi connectivity index (χ4n) is 12.8. The number of hydrogen-bond acceptors (Lipinski definition) is 0. The van der Waals surface area contributed by atoms with Crippen molar-refractivity contribution in [3.63, 3.8) is 0 Å². The minimum absolute atomic E-state index is 0.0976. The third-order valence-electron chi connectivity index (χ3n) is 15.3. The van der Waals surface area contributed by atoms with Crippen LogP contribution in [-0.4, -0.2) is 5.92 Å². The van der Waals surface area contributed by atoms with E-state index in [1.54, 1.807) is 5.56 Å². The van der Waals surface area contributed by atoms with Crippen molar-refractivity contribution in [3.05, 3.63) is 129 Å². The summed E-state index contributed by atoms with van der Waals surface area (Å²) in [5.41, 5.74) is 17.0. The maximum atomic E-state index is 8.79. The van der Waals surface area contributed by atoms with E-state index in [4.69, 9.17) is 17.0 Å². The molecule has 2 unspecified atom stereocenters. The zero-order valence-corrected chi connectivity index (χ0v) is 38.7. The van der Waals surface area contributed by atoms with Crippen LogP contribution in [0.3, 0.4) is 0 Å². The van der Waals surface area contributed by atoms with Crippen molar-refractivity contribution in [2.45, 2.75) is 111 Å². The molecule has 4 fully saturated rings. The van der Waals surface area contributed by atoms with Crippen LogP contribution in [0.4, 0.5) is 0 Å². The van der Waals surface area contributed by atoms with Crippen molar-refractivity contribution in [3.8, 4) is 22.3 Å². The van der Waals surface area contributed by atoms with Gasteiger partial charge in [-0.1, -0.05) is 0 Å². The first-order chi connectivity index (χ1) is 25.8. The molecule has 6 aliphatic rings. The average Bonchev–Trinajstić information content (AvgIpc) is 3.75. The zero-order valence-electron chi connectivity index (χ0n) is 33.6. The predicted molar refractivity (Wildman–Crippen MR) is 235 cm³/mol. The number of fused-ring (bicyclic) bond motifs is 2. The molecule has 4 aromatic rings. The first kappa shape index (κ1) is 37.6. The first-order valence-corrected chi connectivity index (χ1v) is 37.6. The Balaban J connectivity index is 1.14. The molecule has 0 amide bonds. The summed E-state index contributed by atoms with van der Waals surface area (Å²) in [5.74, 6) is 2.09. The Hall–Kier alpha value is -1.96. The molecule has 0 heterocycles. The van der Waals surface area contributed by atoms with Gasteiger partial charge in [-0.3, -0.25) is 0 Å². The fraction of sp³-hybridized carbons (Fsp3) is 0.440. The molecular formula is C50H59Cl2SiZr. The number of hydrogen-bond donors (Lipinski definition) is 0. The Morgan fingerprint density at radius 3 is 1.63 bits per heavy atom. The number of allylic oxidation sites excluding steroid dienone is 2. The second kappa shape index (κ2) is 13.6. The summed E-state index contributed by atoms with van der Waals surface area (Å²) in [4.78, 5) is 0. The van der Waals surface area contributed by atoms with Gasteiger partial charge in [-0.25, -0.2) is 0 Å². The summed E-state index contributed by atoms with van der Waals surface area (Å²) in [5, 5.41) is 0. The van der Waals surface area contributed by atoms with E-state index in [2.05, 4.69) is 145 Å². The van der Waals surface area contributed by atoms with E-state index in [9.17, 15) is 0 Å². The molecule has 6 aliphatic carbocycles.